The molecule has 9 heteroatoms. The van der Waals surface area contributed by atoms with Gasteiger partial charge in [-0.05, 0) is 23.7 Å². The Kier molecular flexibility index (Phi) is 5.24. The number of hydrogen-bond acceptors (Lipinski definition) is 6. The van der Waals surface area contributed by atoms with Crippen molar-refractivity contribution in [1.82, 2.24) is 19.5 Å². The van der Waals surface area contributed by atoms with Gasteiger partial charge in [-0.3, -0.25) is 4.57 Å². The average molecular weight is 367 g/mol. The molecule has 0 atom stereocenters. The summed E-state index contributed by atoms with van der Waals surface area (Å²) in [6, 6.07) is 8.75. The molecular formula is C15H12Cl2N4O3. The Balaban J connectivity index is 1.50. The van der Waals surface area contributed by atoms with E-state index in [0.717, 1.165) is 0 Å². The third-order valence-corrected chi connectivity index (χ3v) is 3.53. The lowest BCUT2D eigenvalue weighted by Crippen LogP contribution is -2.12. The minimum Gasteiger partial charge on any atom is -0.460 e. The molecule has 1 aromatic carbocycles. The highest BCUT2D eigenvalue weighted by molar-refractivity contribution is 6.35. The van der Waals surface area contributed by atoms with Crippen LogP contribution in [0.3, 0.4) is 0 Å². The summed E-state index contributed by atoms with van der Waals surface area (Å²) in [4.78, 5) is 23.7. The molecule has 0 aliphatic rings. The van der Waals surface area contributed by atoms with Crippen LogP contribution in [0.5, 0.6) is 0 Å². The molecule has 0 fully saturated rings. The molecule has 0 unspecified atom stereocenters. The normalized spacial score (nSPS) is 10.9. The molecule has 3 rings (SSSR count). The molecule has 2 aromatic heterocycles. The summed E-state index contributed by atoms with van der Waals surface area (Å²) in [6.07, 6.45) is 1.53. The van der Waals surface area contributed by atoms with E-state index in [1.54, 1.807) is 28.8 Å². The van der Waals surface area contributed by atoms with Crippen molar-refractivity contribution in [3.8, 4) is 0 Å². The third kappa shape index (κ3) is 3.81. The number of esters is 1. The zero-order valence-electron chi connectivity index (χ0n) is 12.4. The quantitative estimate of drug-likeness (QED) is 0.289. The topological polar surface area (TPSA) is 79.1 Å². The van der Waals surface area contributed by atoms with Gasteiger partial charge in [0.1, 0.15) is 18.9 Å². The fraction of sp³-hybridized carbons (Fsp3) is 0.200. The van der Waals surface area contributed by atoms with Crippen LogP contribution in [-0.2, 0) is 16.2 Å². The van der Waals surface area contributed by atoms with Crippen molar-refractivity contribution < 1.29 is 14.3 Å². The number of hydrogen-bond donors (Lipinski definition) is 0. The van der Waals surface area contributed by atoms with E-state index in [1.165, 1.54) is 6.33 Å². The van der Waals surface area contributed by atoms with Gasteiger partial charge < -0.3 is 9.47 Å². The van der Waals surface area contributed by atoms with Crippen LogP contribution in [0.15, 0.2) is 36.7 Å². The predicted octanol–water partition coefficient (Wildman–Crippen LogP) is 2.96. The van der Waals surface area contributed by atoms with E-state index < -0.39 is 5.97 Å². The smallest absolute Gasteiger partial charge is 0.338 e. The molecule has 0 saturated carbocycles. The molecule has 0 saturated heterocycles. The van der Waals surface area contributed by atoms with Crippen molar-refractivity contribution in [2.24, 2.45) is 0 Å². The van der Waals surface area contributed by atoms with Crippen molar-refractivity contribution in [2.75, 3.05) is 13.2 Å². The molecule has 24 heavy (non-hydrogen) atoms. The molecule has 0 N–H and O–H groups in total. The molecule has 2 heterocycles. The molecule has 0 amide bonds. The van der Waals surface area contributed by atoms with E-state index in [0.29, 0.717) is 16.7 Å². The monoisotopic (exact) mass is 366 g/mol. The van der Waals surface area contributed by atoms with Gasteiger partial charge in [0.25, 0.3) is 0 Å². The number of benzene rings is 1. The van der Waals surface area contributed by atoms with Gasteiger partial charge in [0, 0.05) is 0 Å². The summed E-state index contributed by atoms with van der Waals surface area (Å²) in [5.41, 5.74) is 1.42. The second-order valence-electron chi connectivity index (χ2n) is 4.71. The van der Waals surface area contributed by atoms with Crippen LogP contribution in [0, 0.1) is 0 Å². The van der Waals surface area contributed by atoms with Crippen LogP contribution in [0.25, 0.3) is 11.2 Å². The fourth-order valence-electron chi connectivity index (χ4n) is 1.99. The van der Waals surface area contributed by atoms with Crippen LogP contribution < -0.4 is 0 Å². The summed E-state index contributed by atoms with van der Waals surface area (Å²) >= 11 is 11.7. The average Bonchev–Trinajstić information content (AvgIpc) is 2.98. The van der Waals surface area contributed by atoms with Gasteiger partial charge in [-0.2, -0.15) is 4.98 Å². The first-order valence-electron chi connectivity index (χ1n) is 6.99. The number of carbonyl (C=O) groups excluding carboxylic acids is 1. The maximum absolute atomic E-state index is 11.7. The molecule has 0 radical (unpaired) electrons. The first kappa shape index (κ1) is 16.6. The van der Waals surface area contributed by atoms with Gasteiger partial charge in [-0.1, -0.05) is 29.8 Å². The Bertz CT molecular complexity index is 855. The lowest BCUT2D eigenvalue weighted by Gasteiger charge is -2.07. The summed E-state index contributed by atoms with van der Waals surface area (Å²) in [5.74, 6) is -0.390. The number of aromatic nitrogens is 4. The number of ether oxygens (including phenoxy) is 2. The van der Waals surface area contributed by atoms with Gasteiger partial charge in [0.2, 0.25) is 5.28 Å². The fourth-order valence-corrected chi connectivity index (χ4v) is 2.41. The number of halogens is 2. The van der Waals surface area contributed by atoms with Crippen molar-refractivity contribution in [3.63, 3.8) is 0 Å². The van der Waals surface area contributed by atoms with Crippen molar-refractivity contribution in [3.05, 3.63) is 52.7 Å². The van der Waals surface area contributed by atoms with Crippen molar-refractivity contribution in [1.29, 1.82) is 0 Å². The maximum atomic E-state index is 11.7. The molecular weight excluding hydrogens is 355 g/mol. The SMILES string of the molecule is O=C(OCCOCn1cnc2c(Cl)nc(Cl)nc21)c1ccccc1. The number of nitrogens with zero attached hydrogens (tertiary/aromatic N) is 4. The second kappa shape index (κ2) is 7.57. The molecule has 7 nitrogen and oxygen atoms in total. The minimum absolute atomic E-state index is 0.0334. The Morgan fingerprint density at radius 1 is 1.12 bits per heavy atom. The first-order chi connectivity index (χ1) is 11.6. The molecule has 3 aromatic rings. The van der Waals surface area contributed by atoms with E-state index >= 15 is 0 Å². The van der Waals surface area contributed by atoms with Gasteiger partial charge in [0.15, 0.2) is 10.8 Å². The first-order valence-corrected chi connectivity index (χ1v) is 7.74. The summed E-state index contributed by atoms with van der Waals surface area (Å²) in [7, 11) is 0. The van der Waals surface area contributed by atoms with Crippen molar-refractivity contribution in [2.45, 2.75) is 6.73 Å². The highest BCUT2D eigenvalue weighted by atomic mass is 35.5. The van der Waals surface area contributed by atoms with E-state index in [2.05, 4.69) is 15.0 Å². The molecule has 0 bridgehead atoms. The van der Waals surface area contributed by atoms with Gasteiger partial charge >= 0.3 is 5.97 Å². The van der Waals surface area contributed by atoms with Crippen LogP contribution in [-0.4, -0.2) is 38.7 Å². The highest BCUT2D eigenvalue weighted by Gasteiger charge is 2.11. The number of imidazole rings is 1. The third-order valence-electron chi connectivity index (χ3n) is 3.09. The molecule has 0 spiro atoms. The number of rotatable bonds is 6. The Hall–Kier alpha value is -2.22. The van der Waals surface area contributed by atoms with Gasteiger partial charge in [-0.15, -0.1) is 0 Å². The van der Waals surface area contributed by atoms with E-state index in [4.69, 9.17) is 32.7 Å². The summed E-state index contributed by atoms with van der Waals surface area (Å²) in [6.45, 7) is 0.532. The van der Waals surface area contributed by atoms with E-state index in [1.807, 2.05) is 6.07 Å². The van der Waals surface area contributed by atoms with E-state index in [9.17, 15) is 4.79 Å². The summed E-state index contributed by atoms with van der Waals surface area (Å²) in [5, 5.41) is 0.214. The largest absolute Gasteiger partial charge is 0.460 e. The molecule has 0 aliphatic carbocycles. The van der Waals surface area contributed by atoms with E-state index in [-0.39, 0.29) is 30.4 Å². The van der Waals surface area contributed by atoms with Crippen LogP contribution in [0.4, 0.5) is 0 Å². The van der Waals surface area contributed by atoms with Gasteiger partial charge in [0.05, 0.1) is 18.5 Å². The maximum Gasteiger partial charge on any atom is 0.338 e. The Morgan fingerprint density at radius 2 is 1.92 bits per heavy atom. The standard InChI is InChI=1S/C15H12Cl2N4O3/c16-12-11-13(20-15(17)19-12)21(8-18-11)9-23-6-7-24-14(22)10-4-2-1-3-5-10/h1-5,8H,6-7,9H2. The van der Waals surface area contributed by atoms with Crippen LogP contribution >= 0.6 is 23.2 Å². The number of fused-ring (bicyclic) bond motifs is 1. The van der Waals surface area contributed by atoms with Crippen LogP contribution in [0.1, 0.15) is 10.4 Å². The lowest BCUT2D eigenvalue weighted by atomic mass is 10.2. The Labute approximate surface area is 147 Å². The lowest BCUT2D eigenvalue weighted by molar-refractivity contribution is 0.0181. The predicted molar refractivity (Wildman–Crippen MR) is 88.0 cm³/mol. The van der Waals surface area contributed by atoms with Gasteiger partial charge in [-0.25, -0.2) is 14.8 Å². The Morgan fingerprint density at radius 3 is 2.71 bits per heavy atom. The molecule has 0 aliphatic heterocycles. The minimum atomic E-state index is -0.390. The zero-order valence-corrected chi connectivity index (χ0v) is 13.9. The highest BCUT2D eigenvalue weighted by Crippen LogP contribution is 2.20. The summed E-state index contributed by atoms with van der Waals surface area (Å²) < 4.78 is 12.2. The zero-order chi connectivity index (χ0) is 16.9. The van der Waals surface area contributed by atoms with Crippen LogP contribution in [0.2, 0.25) is 10.4 Å². The number of carbonyl (C=O) groups is 1. The molecule has 124 valence electrons. The second-order valence-corrected chi connectivity index (χ2v) is 5.41. The van der Waals surface area contributed by atoms with Crippen molar-refractivity contribution >= 4 is 40.3 Å².